The zero-order valence-electron chi connectivity index (χ0n) is 12.5. The first kappa shape index (κ1) is 15.6. The third-order valence-electron chi connectivity index (χ3n) is 3.46. The van der Waals surface area contributed by atoms with E-state index in [2.05, 4.69) is 26.2 Å². The predicted octanol–water partition coefficient (Wildman–Crippen LogP) is 3.15. The molecule has 0 atom stereocenters. The molecule has 2 heterocycles. The first-order chi connectivity index (χ1) is 11.2. The van der Waals surface area contributed by atoms with Crippen molar-refractivity contribution in [3.63, 3.8) is 0 Å². The second kappa shape index (κ2) is 6.87. The second-order valence-electron chi connectivity index (χ2n) is 5.10. The highest BCUT2D eigenvalue weighted by Crippen LogP contribution is 2.25. The minimum atomic E-state index is -0.154. The molecule has 2 aromatic rings. The number of benzene rings is 1. The molecule has 1 saturated heterocycles. The number of aromatic nitrogens is 1. The van der Waals surface area contributed by atoms with E-state index in [1.807, 2.05) is 30.3 Å². The summed E-state index contributed by atoms with van der Waals surface area (Å²) >= 11 is 3.39. The number of likely N-dealkylation sites (tertiary alicyclic amines) is 1. The highest BCUT2D eigenvalue weighted by atomic mass is 79.9. The average Bonchev–Trinajstić information content (AvgIpc) is 2.52. The molecule has 3 rings (SSSR count). The Balaban J connectivity index is 1.51. The highest BCUT2D eigenvalue weighted by molar-refractivity contribution is 9.10. The van der Waals surface area contributed by atoms with Gasteiger partial charge in [0.15, 0.2) is 0 Å². The number of nitrogens with one attached hydrogen (secondary N) is 1. The van der Waals surface area contributed by atoms with Gasteiger partial charge >= 0.3 is 6.03 Å². The summed E-state index contributed by atoms with van der Waals surface area (Å²) in [6.45, 7) is 1.05. The Hall–Kier alpha value is -2.28. The molecule has 1 aromatic heterocycles. The molecular weight excluding hydrogens is 362 g/mol. The fraction of sp³-hybridized carbons (Fsp3) is 0.250. The first-order valence-electron chi connectivity index (χ1n) is 7.13. The van der Waals surface area contributed by atoms with Gasteiger partial charge < -0.3 is 19.7 Å². The minimum Gasteiger partial charge on any atom is -0.497 e. The van der Waals surface area contributed by atoms with Gasteiger partial charge in [-0.1, -0.05) is 6.07 Å². The number of nitrogens with zero attached hydrogens (tertiary/aromatic N) is 2. The van der Waals surface area contributed by atoms with E-state index in [1.165, 1.54) is 0 Å². The van der Waals surface area contributed by atoms with Gasteiger partial charge in [0.2, 0.25) is 5.88 Å². The SMILES string of the molecule is COc1cccc(NC(=O)N2CC(Oc3ncccc3Br)C2)c1. The molecule has 1 aromatic carbocycles. The molecule has 1 fully saturated rings. The summed E-state index contributed by atoms with van der Waals surface area (Å²) in [5.74, 6) is 1.25. The molecule has 23 heavy (non-hydrogen) atoms. The molecule has 1 N–H and O–H groups in total. The Morgan fingerprint density at radius 2 is 2.17 bits per heavy atom. The van der Waals surface area contributed by atoms with Crippen molar-refractivity contribution in [2.45, 2.75) is 6.10 Å². The van der Waals surface area contributed by atoms with E-state index in [4.69, 9.17) is 9.47 Å². The number of methoxy groups -OCH3 is 1. The van der Waals surface area contributed by atoms with Crippen LogP contribution in [-0.2, 0) is 0 Å². The van der Waals surface area contributed by atoms with Crippen LogP contribution in [0.2, 0.25) is 0 Å². The Morgan fingerprint density at radius 3 is 2.91 bits per heavy atom. The molecule has 6 nitrogen and oxygen atoms in total. The van der Waals surface area contributed by atoms with E-state index in [-0.39, 0.29) is 12.1 Å². The van der Waals surface area contributed by atoms with Crippen molar-refractivity contribution in [2.75, 3.05) is 25.5 Å². The summed E-state index contributed by atoms with van der Waals surface area (Å²) in [6.07, 6.45) is 1.63. The van der Waals surface area contributed by atoms with Crippen molar-refractivity contribution >= 4 is 27.6 Å². The topological polar surface area (TPSA) is 63.7 Å². The van der Waals surface area contributed by atoms with Crippen molar-refractivity contribution in [1.29, 1.82) is 0 Å². The van der Waals surface area contributed by atoms with Crippen molar-refractivity contribution < 1.29 is 14.3 Å². The summed E-state index contributed by atoms with van der Waals surface area (Å²) in [5, 5.41) is 2.84. The molecule has 0 bridgehead atoms. The number of carbonyl (C=O) groups excluding carboxylic acids is 1. The van der Waals surface area contributed by atoms with Gasteiger partial charge in [-0.3, -0.25) is 0 Å². The number of urea groups is 1. The van der Waals surface area contributed by atoms with Crippen LogP contribution in [0.3, 0.4) is 0 Å². The van der Waals surface area contributed by atoms with Crippen molar-refractivity contribution in [1.82, 2.24) is 9.88 Å². The van der Waals surface area contributed by atoms with E-state index in [1.54, 1.807) is 24.3 Å². The monoisotopic (exact) mass is 377 g/mol. The summed E-state index contributed by atoms with van der Waals surface area (Å²) in [7, 11) is 1.59. The normalized spacial score (nSPS) is 14.1. The van der Waals surface area contributed by atoms with Gasteiger partial charge in [0.1, 0.15) is 11.9 Å². The molecule has 120 valence electrons. The van der Waals surface area contributed by atoms with Gasteiger partial charge in [0.05, 0.1) is 24.7 Å². The Kier molecular flexibility index (Phi) is 4.66. The highest BCUT2D eigenvalue weighted by Gasteiger charge is 2.33. The van der Waals surface area contributed by atoms with E-state index in [0.717, 1.165) is 4.47 Å². The van der Waals surface area contributed by atoms with Crippen LogP contribution in [0.15, 0.2) is 47.1 Å². The van der Waals surface area contributed by atoms with Crippen LogP contribution in [0.5, 0.6) is 11.6 Å². The van der Waals surface area contributed by atoms with Crippen LogP contribution in [-0.4, -0.2) is 42.2 Å². The van der Waals surface area contributed by atoms with Gasteiger partial charge in [0.25, 0.3) is 0 Å². The molecule has 0 saturated carbocycles. The first-order valence-corrected chi connectivity index (χ1v) is 7.92. The summed E-state index contributed by atoms with van der Waals surface area (Å²) in [4.78, 5) is 18.0. The van der Waals surface area contributed by atoms with Crippen LogP contribution in [0.25, 0.3) is 0 Å². The van der Waals surface area contributed by atoms with E-state index < -0.39 is 0 Å². The number of halogens is 1. The van der Waals surface area contributed by atoms with Crippen LogP contribution in [0.1, 0.15) is 0 Å². The molecule has 7 heteroatoms. The molecule has 0 aliphatic carbocycles. The number of anilines is 1. The number of amides is 2. The van der Waals surface area contributed by atoms with Crippen molar-refractivity contribution in [3.05, 3.63) is 47.1 Å². The predicted molar refractivity (Wildman–Crippen MR) is 89.9 cm³/mol. The number of hydrogen-bond donors (Lipinski definition) is 1. The lowest BCUT2D eigenvalue weighted by molar-refractivity contribution is 0.0455. The van der Waals surface area contributed by atoms with E-state index >= 15 is 0 Å². The third kappa shape index (κ3) is 3.73. The van der Waals surface area contributed by atoms with Crippen molar-refractivity contribution in [3.8, 4) is 11.6 Å². The van der Waals surface area contributed by atoms with Crippen LogP contribution in [0, 0.1) is 0 Å². The van der Waals surface area contributed by atoms with Crippen LogP contribution in [0.4, 0.5) is 10.5 Å². The number of ether oxygens (including phenoxy) is 2. The number of carbonyl (C=O) groups is 1. The van der Waals surface area contributed by atoms with Gasteiger partial charge in [-0.15, -0.1) is 0 Å². The second-order valence-corrected chi connectivity index (χ2v) is 5.95. The zero-order valence-corrected chi connectivity index (χ0v) is 14.1. The Morgan fingerprint density at radius 1 is 1.35 bits per heavy atom. The summed E-state index contributed by atoms with van der Waals surface area (Å²) in [6, 6.07) is 10.8. The molecule has 2 amide bonds. The van der Waals surface area contributed by atoms with Gasteiger partial charge in [-0.25, -0.2) is 9.78 Å². The van der Waals surface area contributed by atoms with Gasteiger partial charge in [0, 0.05) is 18.0 Å². The maximum atomic E-state index is 12.2. The molecule has 0 unspecified atom stereocenters. The minimum absolute atomic E-state index is 0.0442. The smallest absolute Gasteiger partial charge is 0.322 e. The largest absolute Gasteiger partial charge is 0.497 e. The molecule has 0 radical (unpaired) electrons. The number of rotatable bonds is 4. The zero-order chi connectivity index (χ0) is 16.2. The quantitative estimate of drug-likeness (QED) is 0.888. The summed E-state index contributed by atoms with van der Waals surface area (Å²) < 4.78 is 11.7. The number of hydrogen-bond acceptors (Lipinski definition) is 4. The molecular formula is C16H16BrN3O3. The Bertz CT molecular complexity index is 704. The lowest BCUT2D eigenvalue weighted by Gasteiger charge is -2.38. The fourth-order valence-corrected chi connectivity index (χ4v) is 2.55. The van der Waals surface area contributed by atoms with E-state index in [9.17, 15) is 4.79 Å². The standard InChI is InChI=1S/C16H16BrN3O3/c1-22-12-5-2-4-11(8-12)19-16(21)20-9-13(10-20)23-15-14(17)6-3-7-18-15/h2-8,13H,9-10H2,1H3,(H,19,21). The van der Waals surface area contributed by atoms with E-state index in [0.29, 0.717) is 30.4 Å². The average molecular weight is 378 g/mol. The van der Waals surface area contributed by atoms with Crippen LogP contribution < -0.4 is 14.8 Å². The lowest BCUT2D eigenvalue weighted by Crippen LogP contribution is -2.57. The van der Waals surface area contributed by atoms with Crippen molar-refractivity contribution in [2.24, 2.45) is 0 Å². The Labute approximate surface area is 142 Å². The molecule has 1 aliphatic rings. The third-order valence-corrected chi connectivity index (χ3v) is 4.06. The lowest BCUT2D eigenvalue weighted by atomic mass is 10.2. The number of pyridine rings is 1. The maximum absolute atomic E-state index is 12.2. The van der Waals surface area contributed by atoms with Crippen LogP contribution >= 0.6 is 15.9 Å². The van der Waals surface area contributed by atoms with Gasteiger partial charge in [-0.2, -0.15) is 0 Å². The fourth-order valence-electron chi connectivity index (χ4n) is 2.20. The molecule has 1 aliphatic heterocycles. The summed E-state index contributed by atoms with van der Waals surface area (Å²) in [5.41, 5.74) is 0.700. The molecule has 0 spiro atoms. The van der Waals surface area contributed by atoms with Gasteiger partial charge in [-0.05, 0) is 40.2 Å². The maximum Gasteiger partial charge on any atom is 0.322 e.